The van der Waals surface area contributed by atoms with E-state index in [4.69, 9.17) is 0 Å². The van der Waals surface area contributed by atoms with Crippen molar-refractivity contribution in [1.82, 2.24) is 20.0 Å². The molecule has 0 aromatic heterocycles. The summed E-state index contributed by atoms with van der Waals surface area (Å²) in [5, 5.41) is 2.93. The quantitative estimate of drug-likeness (QED) is 0.709. The van der Waals surface area contributed by atoms with Gasteiger partial charge in [0.2, 0.25) is 11.8 Å². The van der Waals surface area contributed by atoms with Gasteiger partial charge in [-0.2, -0.15) is 0 Å². The number of hydrogen-bond donors (Lipinski definition) is 1. The minimum Gasteiger partial charge on any atom is -0.343 e. The molecule has 3 aliphatic heterocycles. The number of nitrogens with one attached hydrogen (secondary N) is 1. The first-order valence-corrected chi connectivity index (χ1v) is 11.7. The Balaban J connectivity index is 1.37. The van der Waals surface area contributed by atoms with Gasteiger partial charge >= 0.3 is 6.03 Å². The van der Waals surface area contributed by atoms with Crippen molar-refractivity contribution in [2.45, 2.75) is 63.5 Å². The number of amides is 5. The van der Waals surface area contributed by atoms with Crippen molar-refractivity contribution in [1.29, 1.82) is 0 Å². The van der Waals surface area contributed by atoms with E-state index in [1.165, 1.54) is 4.90 Å². The third-order valence-electron chi connectivity index (χ3n) is 7.05. The van der Waals surface area contributed by atoms with Crippen LogP contribution < -0.4 is 5.32 Å². The molecule has 1 spiro atoms. The largest absolute Gasteiger partial charge is 0.343 e. The van der Waals surface area contributed by atoms with E-state index in [1.807, 2.05) is 37.3 Å². The molecule has 5 amide bonds. The molecule has 4 rings (SSSR count). The Labute approximate surface area is 188 Å². The Morgan fingerprint density at radius 2 is 1.75 bits per heavy atom. The molecule has 8 heteroatoms. The van der Waals surface area contributed by atoms with Gasteiger partial charge in [-0.1, -0.05) is 37.3 Å². The van der Waals surface area contributed by atoms with Gasteiger partial charge in [0.1, 0.15) is 5.54 Å². The molecule has 1 N–H and O–H groups in total. The lowest BCUT2D eigenvalue weighted by Gasteiger charge is -2.39. The smallest absolute Gasteiger partial charge is 0.325 e. The van der Waals surface area contributed by atoms with Gasteiger partial charge in [0.05, 0.1) is 6.04 Å². The molecule has 3 aliphatic rings. The fraction of sp³-hybridized carbons (Fsp3) is 0.583. The highest BCUT2D eigenvalue weighted by Crippen LogP contribution is 2.32. The topological polar surface area (TPSA) is 90.0 Å². The molecule has 3 heterocycles. The summed E-state index contributed by atoms with van der Waals surface area (Å²) in [6.45, 7) is 3.83. The Morgan fingerprint density at radius 1 is 1.03 bits per heavy atom. The second-order valence-corrected chi connectivity index (χ2v) is 9.04. The van der Waals surface area contributed by atoms with Gasteiger partial charge in [-0.15, -0.1) is 0 Å². The van der Waals surface area contributed by atoms with Gasteiger partial charge in [0.15, 0.2) is 0 Å². The standard InChI is InChI=1S/C24H32N4O4/c1-2-20(29)26-15-12-24(13-16-26)22(31)28(23(32)25-24)19-9-6-14-27(17-19)21(30)11-10-18-7-4-3-5-8-18/h3-5,7-8,19H,2,6,9-17H2,1H3,(H,25,32)/t19-/m1/s1. The van der Waals surface area contributed by atoms with Gasteiger partial charge in [-0.05, 0) is 37.7 Å². The van der Waals surface area contributed by atoms with E-state index in [9.17, 15) is 19.2 Å². The summed E-state index contributed by atoms with van der Waals surface area (Å²) in [5.74, 6) is -0.0631. The maximum Gasteiger partial charge on any atom is 0.325 e. The number of hydrogen-bond acceptors (Lipinski definition) is 4. The summed E-state index contributed by atoms with van der Waals surface area (Å²) in [7, 11) is 0. The van der Waals surface area contributed by atoms with Crippen LogP contribution in [0.2, 0.25) is 0 Å². The molecule has 32 heavy (non-hydrogen) atoms. The monoisotopic (exact) mass is 440 g/mol. The maximum atomic E-state index is 13.4. The van der Waals surface area contributed by atoms with Crippen LogP contribution in [0, 0.1) is 0 Å². The van der Waals surface area contributed by atoms with Gasteiger partial charge in [0, 0.05) is 39.0 Å². The van der Waals surface area contributed by atoms with Crippen LogP contribution in [0.4, 0.5) is 4.79 Å². The minimum absolute atomic E-state index is 0.0618. The van der Waals surface area contributed by atoms with Crippen molar-refractivity contribution in [2.75, 3.05) is 26.2 Å². The Morgan fingerprint density at radius 3 is 2.44 bits per heavy atom. The summed E-state index contributed by atoms with van der Waals surface area (Å²) >= 11 is 0. The fourth-order valence-corrected chi connectivity index (χ4v) is 5.12. The van der Waals surface area contributed by atoms with Crippen LogP contribution in [-0.4, -0.2) is 76.2 Å². The number of aryl methyl sites for hydroxylation is 1. The van der Waals surface area contributed by atoms with Crippen molar-refractivity contribution in [3.8, 4) is 0 Å². The fourth-order valence-electron chi connectivity index (χ4n) is 5.12. The second kappa shape index (κ2) is 9.30. The highest BCUT2D eigenvalue weighted by molar-refractivity contribution is 6.07. The minimum atomic E-state index is -0.915. The van der Waals surface area contributed by atoms with E-state index < -0.39 is 5.54 Å². The number of rotatable bonds is 5. The molecular weight excluding hydrogens is 408 g/mol. The summed E-state index contributed by atoms with van der Waals surface area (Å²) in [6.07, 6.45) is 3.89. The molecule has 1 aromatic rings. The Kier molecular flexibility index (Phi) is 6.48. The zero-order chi connectivity index (χ0) is 22.7. The zero-order valence-electron chi connectivity index (χ0n) is 18.7. The van der Waals surface area contributed by atoms with Gasteiger partial charge < -0.3 is 15.1 Å². The predicted molar refractivity (Wildman–Crippen MR) is 119 cm³/mol. The first kappa shape index (κ1) is 22.3. The maximum absolute atomic E-state index is 13.4. The van der Waals surface area contributed by atoms with Crippen LogP contribution in [0.25, 0.3) is 0 Å². The molecule has 0 aliphatic carbocycles. The number of urea groups is 1. The summed E-state index contributed by atoms with van der Waals surface area (Å²) < 4.78 is 0. The molecule has 0 unspecified atom stereocenters. The van der Waals surface area contributed by atoms with Gasteiger partial charge in [0.25, 0.3) is 5.91 Å². The molecule has 0 bridgehead atoms. The predicted octanol–water partition coefficient (Wildman–Crippen LogP) is 1.93. The lowest BCUT2D eigenvalue weighted by Crippen LogP contribution is -2.57. The van der Waals surface area contributed by atoms with E-state index in [-0.39, 0.29) is 29.8 Å². The second-order valence-electron chi connectivity index (χ2n) is 9.04. The molecule has 3 saturated heterocycles. The third kappa shape index (κ3) is 4.36. The van der Waals surface area contributed by atoms with Crippen LogP contribution in [0.3, 0.4) is 0 Å². The number of likely N-dealkylation sites (tertiary alicyclic amines) is 2. The highest BCUT2D eigenvalue weighted by Gasteiger charge is 2.54. The Hall–Kier alpha value is -2.90. The third-order valence-corrected chi connectivity index (χ3v) is 7.05. The molecule has 172 valence electrons. The van der Waals surface area contributed by atoms with Crippen molar-refractivity contribution in [2.24, 2.45) is 0 Å². The molecule has 8 nitrogen and oxygen atoms in total. The van der Waals surface area contributed by atoms with Crippen LogP contribution in [0.15, 0.2) is 30.3 Å². The van der Waals surface area contributed by atoms with Crippen molar-refractivity contribution >= 4 is 23.8 Å². The molecule has 0 radical (unpaired) electrons. The molecule has 1 atom stereocenters. The molecular formula is C24H32N4O4. The SMILES string of the molecule is CCC(=O)N1CCC2(CC1)NC(=O)N([C@@H]1CCCN(C(=O)CCc3ccccc3)C1)C2=O. The number of carbonyl (C=O) groups excluding carboxylic acids is 4. The molecule has 1 aromatic carbocycles. The average molecular weight is 441 g/mol. The Bertz CT molecular complexity index is 879. The average Bonchev–Trinajstić information content (AvgIpc) is 3.07. The molecule has 0 saturated carbocycles. The van der Waals surface area contributed by atoms with Crippen LogP contribution >= 0.6 is 0 Å². The number of imide groups is 1. The van der Waals surface area contributed by atoms with Crippen molar-refractivity contribution in [3.05, 3.63) is 35.9 Å². The number of nitrogens with zero attached hydrogens (tertiary/aromatic N) is 3. The van der Waals surface area contributed by atoms with E-state index >= 15 is 0 Å². The van der Waals surface area contributed by atoms with Crippen LogP contribution in [0.1, 0.15) is 51.0 Å². The van der Waals surface area contributed by atoms with Crippen LogP contribution in [-0.2, 0) is 20.8 Å². The van der Waals surface area contributed by atoms with Gasteiger partial charge in [-0.3, -0.25) is 19.3 Å². The summed E-state index contributed by atoms with van der Waals surface area (Å²) in [4.78, 5) is 55.9. The highest BCUT2D eigenvalue weighted by atomic mass is 16.2. The summed E-state index contributed by atoms with van der Waals surface area (Å²) in [5.41, 5.74) is 0.208. The number of benzene rings is 1. The number of carbonyl (C=O) groups is 4. The van der Waals surface area contributed by atoms with E-state index in [1.54, 1.807) is 9.80 Å². The van der Waals surface area contributed by atoms with E-state index in [0.29, 0.717) is 64.7 Å². The lowest BCUT2D eigenvalue weighted by atomic mass is 9.87. The van der Waals surface area contributed by atoms with Crippen LogP contribution in [0.5, 0.6) is 0 Å². The first-order valence-electron chi connectivity index (χ1n) is 11.7. The first-order chi connectivity index (χ1) is 15.4. The van der Waals surface area contributed by atoms with Gasteiger partial charge in [-0.25, -0.2) is 4.79 Å². The van der Waals surface area contributed by atoms with E-state index in [0.717, 1.165) is 12.0 Å². The van der Waals surface area contributed by atoms with Crippen molar-refractivity contribution < 1.29 is 19.2 Å². The van der Waals surface area contributed by atoms with E-state index in [2.05, 4.69) is 5.32 Å². The normalized spacial score (nSPS) is 22.9. The summed E-state index contributed by atoms with van der Waals surface area (Å²) in [6, 6.07) is 9.24. The number of piperidine rings is 2. The zero-order valence-corrected chi connectivity index (χ0v) is 18.7. The molecule has 3 fully saturated rings. The lowest BCUT2D eigenvalue weighted by molar-refractivity contribution is -0.141. The van der Waals surface area contributed by atoms with Crippen molar-refractivity contribution in [3.63, 3.8) is 0 Å².